The highest BCUT2D eigenvalue weighted by Crippen LogP contribution is 2.56. The van der Waals surface area contributed by atoms with E-state index in [0.717, 1.165) is 12.0 Å². The fraction of sp³-hybridized carbons (Fsp3) is 0.400. The molecular formula is C15H20NO3P. The normalized spacial score (nSPS) is 24.6. The van der Waals surface area contributed by atoms with Crippen LogP contribution in [0.2, 0.25) is 0 Å². The maximum atomic E-state index is 11.9. The van der Waals surface area contributed by atoms with Gasteiger partial charge in [0.25, 0.3) is 0 Å². The van der Waals surface area contributed by atoms with Gasteiger partial charge in [0.2, 0.25) is 0 Å². The molecular weight excluding hydrogens is 273 g/mol. The highest BCUT2D eigenvalue weighted by Gasteiger charge is 2.54. The van der Waals surface area contributed by atoms with E-state index in [1.807, 2.05) is 43.3 Å². The minimum absolute atomic E-state index is 0.238. The van der Waals surface area contributed by atoms with E-state index < -0.39 is 6.09 Å². The molecule has 0 bridgehead atoms. The number of hydrogen-bond donors (Lipinski definition) is 1. The van der Waals surface area contributed by atoms with Crippen molar-refractivity contribution in [2.24, 2.45) is 5.92 Å². The molecule has 4 nitrogen and oxygen atoms in total. The molecule has 3 atom stereocenters. The number of benzene rings is 1. The van der Waals surface area contributed by atoms with Gasteiger partial charge in [-0.2, -0.15) is 0 Å². The molecule has 20 heavy (non-hydrogen) atoms. The van der Waals surface area contributed by atoms with Crippen LogP contribution in [0.15, 0.2) is 43.0 Å². The van der Waals surface area contributed by atoms with Crippen molar-refractivity contribution in [1.29, 1.82) is 0 Å². The summed E-state index contributed by atoms with van der Waals surface area (Å²) < 4.78 is 10.7. The van der Waals surface area contributed by atoms with Crippen LogP contribution in [0.25, 0.3) is 0 Å². The Hall–Kier alpha value is -1.38. The molecule has 0 saturated heterocycles. The zero-order valence-corrected chi connectivity index (χ0v) is 12.6. The largest absolute Gasteiger partial charge is 0.445 e. The first kappa shape index (κ1) is 15.0. The average Bonchev–Trinajstić information content (AvgIpc) is 3.17. The molecule has 1 fully saturated rings. The summed E-state index contributed by atoms with van der Waals surface area (Å²) in [6.45, 7) is 6.65. The van der Waals surface area contributed by atoms with Gasteiger partial charge in [0.1, 0.15) is 6.61 Å². The van der Waals surface area contributed by atoms with E-state index in [0.29, 0.717) is 6.61 Å². The summed E-state index contributed by atoms with van der Waals surface area (Å²) in [7, 11) is 0.238. The van der Waals surface area contributed by atoms with Crippen molar-refractivity contribution in [2.45, 2.75) is 25.2 Å². The fourth-order valence-electron chi connectivity index (χ4n) is 2.00. The van der Waals surface area contributed by atoms with Crippen molar-refractivity contribution >= 4 is 14.9 Å². The topological polar surface area (TPSA) is 47.6 Å². The second kappa shape index (κ2) is 6.87. The first-order valence-corrected chi connectivity index (χ1v) is 7.61. The van der Waals surface area contributed by atoms with Gasteiger partial charge in [0.05, 0.1) is 5.28 Å². The lowest BCUT2D eigenvalue weighted by Gasteiger charge is -2.18. The van der Waals surface area contributed by atoms with Crippen LogP contribution in [0.1, 0.15) is 18.9 Å². The van der Waals surface area contributed by atoms with Crippen LogP contribution in [-0.2, 0) is 15.9 Å². The quantitative estimate of drug-likeness (QED) is 0.619. The van der Waals surface area contributed by atoms with E-state index in [1.165, 1.54) is 0 Å². The molecule has 1 aliphatic carbocycles. The summed E-state index contributed by atoms with van der Waals surface area (Å²) >= 11 is 0. The second-order valence-corrected chi connectivity index (χ2v) is 6.12. The molecule has 0 heterocycles. The van der Waals surface area contributed by atoms with Gasteiger partial charge in [-0.3, -0.25) is 0 Å². The SMILES string of the molecule is C=CC1CC1(NC(=O)OCc1ccccc1)POCC. The predicted octanol–water partition coefficient (Wildman–Crippen LogP) is 3.45. The van der Waals surface area contributed by atoms with Crippen molar-refractivity contribution < 1.29 is 14.1 Å². The van der Waals surface area contributed by atoms with E-state index in [1.54, 1.807) is 0 Å². The van der Waals surface area contributed by atoms with Crippen LogP contribution < -0.4 is 5.32 Å². The number of carbonyl (C=O) groups excluding carboxylic acids is 1. The Morgan fingerprint density at radius 3 is 2.90 bits per heavy atom. The molecule has 0 radical (unpaired) electrons. The third-order valence-electron chi connectivity index (χ3n) is 3.24. The summed E-state index contributed by atoms with van der Waals surface area (Å²) in [5.74, 6) is 0.275. The van der Waals surface area contributed by atoms with Crippen LogP contribution in [-0.4, -0.2) is 18.0 Å². The van der Waals surface area contributed by atoms with Crippen LogP contribution in [0.5, 0.6) is 0 Å². The number of nitrogens with one attached hydrogen (secondary N) is 1. The molecule has 2 rings (SSSR count). The standard InChI is InChI=1S/C15H20NO3P/c1-3-13-10-15(13,20-19-4-2)16-14(17)18-11-12-8-6-5-7-9-12/h3,5-9,13,20H,1,4,10-11H2,2H3,(H,16,17). The Bertz CT molecular complexity index is 465. The molecule has 1 amide bonds. The van der Waals surface area contributed by atoms with Gasteiger partial charge in [-0.25, -0.2) is 4.79 Å². The lowest BCUT2D eigenvalue weighted by atomic mass is 10.2. The predicted molar refractivity (Wildman–Crippen MR) is 80.7 cm³/mol. The molecule has 1 saturated carbocycles. The number of amides is 1. The number of carbonyl (C=O) groups is 1. The maximum Gasteiger partial charge on any atom is 0.408 e. The van der Waals surface area contributed by atoms with Crippen molar-refractivity contribution in [2.75, 3.05) is 6.61 Å². The summed E-state index contributed by atoms with van der Waals surface area (Å²) in [5, 5.41) is 2.63. The molecule has 1 aliphatic rings. The van der Waals surface area contributed by atoms with Crippen LogP contribution in [0.4, 0.5) is 4.79 Å². The number of ether oxygens (including phenoxy) is 1. The van der Waals surface area contributed by atoms with E-state index in [-0.39, 0.29) is 26.6 Å². The van der Waals surface area contributed by atoms with Gasteiger partial charge >= 0.3 is 6.09 Å². The molecule has 5 heteroatoms. The molecule has 108 valence electrons. The smallest absolute Gasteiger partial charge is 0.408 e. The van der Waals surface area contributed by atoms with Gasteiger partial charge in [-0.15, -0.1) is 6.58 Å². The first-order chi connectivity index (χ1) is 9.70. The molecule has 0 aliphatic heterocycles. The minimum Gasteiger partial charge on any atom is -0.445 e. The van der Waals surface area contributed by atoms with Gasteiger partial charge in [0, 0.05) is 21.3 Å². The highest BCUT2D eigenvalue weighted by atomic mass is 31.1. The number of hydrogen-bond acceptors (Lipinski definition) is 3. The lowest BCUT2D eigenvalue weighted by Crippen LogP contribution is -2.35. The zero-order chi connectivity index (χ0) is 14.4. The van der Waals surface area contributed by atoms with Crippen molar-refractivity contribution in [3.05, 3.63) is 48.6 Å². The monoisotopic (exact) mass is 293 g/mol. The number of rotatable bonds is 7. The molecule has 0 aromatic heterocycles. The zero-order valence-electron chi connectivity index (χ0n) is 11.6. The average molecular weight is 293 g/mol. The third kappa shape index (κ3) is 3.81. The third-order valence-corrected chi connectivity index (χ3v) is 4.73. The second-order valence-electron chi connectivity index (χ2n) is 4.74. The molecule has 3 unspecified atom stereocenters. The van der Waals surface area contributed by atoms with Crippen molar-refractivity contribution in [1.82, 2.24) is 5.32 Å². The van der Waals surface area contributed by atoms with Gasteiger partial charge in [-0.05, 0) is 18.9 Å². The first-order valence-electron chi connectivity index (χ1n) is 6.70. The minimum atomic E-state index is -0.398. The van der Waals surface area contributed by atoms with E-state index in [9.17, 15) is 4.79 Å². The van der Waals surface area contributed by atoms with Crippen molar-refractivity contribution in [3.63, 3.8) is 0 Å². The van der Waals surface area contributed by atoms with Gasteiger partial charge in [0.15, 0.2) is 0 Å². The Morgan fingerprint density at radius 1 is 1.55 bits per heavy atom. The number of alkyl carbamates (subject to hydrolysis) is 1. The molecule has 0 spiro atoms. The van der Waals surface area contributed by atoms with Crippen molar-refractivity contribution in [3.8, 4) is 0 Å². The summed E-state index contributed by atoms with van der Waals surface area (Å²) in [6.07, 6.45) is 2.34. The Morgan fingerprint density at radius 2 is 2.30 bits per heavy atom. The van der Waals surface area contributed by atoms with E-state index in [2.05, 4.69) is 11.9 Å². The molecule has 1 aromatic rings. The van der Waals surface area contributed by atoms with Crippen LogP contribution >= 0.6 is 8.81 Å². The Kier molecular flexibility index (Phi) is 5.16. The molecule has 1 N–H and O–H groups in total. The summed E-state index contributed by atoms with van der Waals surface area (Å²) in [4.78, 5) is 11.9. The van der Waals surface area contributed by atoms with Crippen LogP contribution in [0, 0.1) is 5.92 Å². The fourth-order valence-corrected chi connectivity index (χ4v) is 3.13. The molecule has 1 aromatic carbocycles. The van der Waals surface area contributed by atoms with E-state index in [4.69, 9.17) is 9.26 Å². The van der Waals surface area contributed by atoms with Crippen LogP contribution in [0.3, 0.4) is 0 Å². The van der Waals surface area contributed by atoms with Gasteiger partial charge < -0.3 is 14.6 Å². The van der Waals surface area contributed by atoms with E-state index >= 15 is 0 Å². The summed E-state index contributed by atoms with van der Waals surface area (Å²) in [5.41, 5.74) is 0.972. The highest BCUT2D eigenvalue weighted by molar-refractivity contribution is 7.35. The van der Waals surface area contributed by atoms with Gasteiger partial charge in [-0.1, -0.05) is 36.4 Å². The Balaban J connectivity index is 1.82. The Labute approximate surface area is 121 Å². The summed E-state index contributed by atoms with van der Waals surface area (Å²) in [6, 6.07) is 9.62. The maximum absolute atomic E-state index is 11.9. The lowest BCUT2D eigenvalue weighted by molar-refractivity contribution is 0.137.